The Morgan fingerprint density at radius 2 is 2.00 bits per heavy atom. The van der Waals surface area contributed by atoms with Gasteiger partial charge in [0.15, 0.2) is 0 Å². The van der Waals surface area contributed by atoms with Gasteiger partial charge in [0, 0.05) is 50.7 Å². The van der Waals surface area contributed by atoms with Crippen LogP contribution in [0.4, 0.5) is 5.82 Å². The molecule has 3 rings (SSSR count). The highest BCUT2D eigenvalue weighted by Crippen LogP contribution is 2.27. The summed E-state index contributed by atoms with van der Waals surface area (Å²) in [5.74, 6) is 1.66. The molecule has 6 heteroatoms. The van der Waals surface area contributed by atoms with Crippen molar-refractivity contribution in [3.63, 3.8) is 0 Å². The molecule has 2 aromatic rings. The fraction of sp³-hybridized carbons (Fsp3) is 0.444. The normalized spacial score (nSPS) is 16.9. The molecule has 1 aliphatic rings. The second-order valence-corrected chi connectivity index (χ2v) is 6.11. The van der Waals surface area contributed by atoms with E-state index in [-0.39, 0.29) is 0 Å². The molecule has 24 heavy (non-hydrogen) atoms. The van der Waals surface area contributed by atoms with Crippen molar-refractivity contribution in [3.05, 3.63) is 47.9 Å². The van der Waals surface area contributed by atoms with Gasteiger partial charge in [-0.15, -0.1) is 0 Å². The number of aromatic nitrogens is 2. The number of anilines is 1. The molecule has 0 bridgehead atoms. The van der Waals surface area contributed by atoms with Gasteiger partial charge in [-0.05, 0) is 19.1 Å². The smallest absolute Gasteiger partial charge is 0.147 e. The van der Waals surface area contributed by atoms with Crippen LogP contribution in [0.5, 0.6) is 5.75 Å². The van der Waals surface area contributed by atoms with Gasteiger partial charge >= 0.3 is 0 Å². The van der Waals surface area contributed by atoms with Gasteiger partial charge in [-0.3, -0.25) is 9.88 Å². The van der Waals surface area contributed by atoms with Gasteiger partial charge in [-0.1, -0.05) is 11.6 Å². The molecule has 1 aliphatic heterocycles. The predicted octanol–water partition coefficient (Wildman–Crippen LogP) is 1.65. The minimum absolute atomic E-state index is 0.553. The molecular formula is C18H24N4O2. The Morgan fingerprint density at radius 3 is 2.67 bits per heavy atom. The van der Waals surface area contributed by atoms with Crippen LogP contribution < -0.4 is 9.64 Å². The zero-order valence-corrected chi connectivity index (χ0v) is 14.2. The minimum atomic E-state index is -0.553. The van der Waals surface area contributed by atoms with Crippen molar-refractivity contribution in [2.75, 3.05) is 44.7 Å². The van der Waals surface area contributed by atoms with Gasteiger partial charge in [0.1, 0.15) is 11.6 Å². The number of nitrogens with zero attached hydrogens (tertiary/aromatic N) is 4. The molecule has 1 atom stereocenters. The lowest BCUT2D eigenvalue weighted by atomic mass is 10.0. The van der Waals surface area contributed by atoms with Gasteiger partial charge in [0.2, 0.25) is 0 Å². The molecule has 2 heterocycles. The monoisotopic (exact) mass is 328 g/mol. The second kappa shape index (κ2) is 7.59. The van der Waals surface area contributed by atoms with E-state index in [0.29, 0.717) is 6.54 Å². The molecule has 1 aromatic carbocycles. The zero-order valence-electron chi connectivity index (χ0n) is 14.2. The Balaban J connectivity index is 1.59. The maximum Gasteiger partial charge on any atom is 0.147 e. The average Bonchev–Trinajstić information content (AvgIpc) is 2.63. The number of methoxy groups -OCH3 is 1. The highest BCUT2D eigenvalue weighted by molar-refractivity contribution is 5.39. The van der Waals surface area contributed by atoms with Gasteiger partial charge in [-0.2, -0.15) is 0 Å². The number of ether oxygens (including phenoxy) is 1. The van der Waals surface area contributed by atoms with Crippen LogP contribution in [-0.2, 0) is 0 Å². The van der Waals surface area contributed by atoms with E-state index in [9.17, 15) is 5.11 Å². The van der Waals surface area contributed by atoms with Crippen molar-refractivity contribution >= 4 is 5.82 Å². The van der Waals surface area contributed by atoms with Crippen LogP contribution in [0, 0.1) is 6.92 Å². The summed E-state index contributed by atoms with van der Waals surface area (Å²) in [5.41, 5.74) is 1.98. The van der Waals surface area contributed by atoms with Crippen LogP contribution in [-0.4, -0.2) is 59.8 Å². The van der Waals surface area contributed by atoms with E-state index in [0.717, 1.165) is 48.9 Å². The van der Waals surface area contributed by atoms with Crippen molar-refractivity contribution in [1.29, 1.82) is 0 Å². The average molecular weight is 328 g/mol. The molecule has 1 aromatic heterocycles. The van der Waals surface area contributed by atoms with Crippen molar-refractivity contribution < 1.29 is 9.84 Å². The lowest BCUT2D eigenvalue weighted by Crippen LogP contribution is -2.47. The van der Waals surface area contributed by atoms with Gasteiger partial charge in [0.05, 0.1) is 19.4 Å². The van der Waals surface area contributed by atoms with Gasteiger partial charge in [0.25, 0.3) is 0 Å². The van der Waals surface area contributed by atoms with Crippen LogP contribution in [0.15, 0.2) is 36.8 Å². The SMILES string of the molecule is COc1ccc(C)cc1[C@H](O)CN1CCN(c2cnccn2)CC1. The predicted molar refractivity (Wildman–Crippen MR) is 93.4 cm³/mol. The number of aryl methyl sites for hydroxylation is 1. The third-order valence-electron chi connectivity index (χ3n) is 4.42. The van der Waals surface area contributed by atoms with E-state index in [1.54, 1.807) is 25.7 Å². The summed E-state index contributed by atoms with van der Waals surface area (Å²) in [6.45, 7) is 6.18. The second-order valence-electron chi connectivity index (χ2n) is 6.11. The van der Waals surface area contributed by atoms with E-state index < -0.39 is 6.10 Å². The van der Waals surface area contributed by atoms with Crippen LogP contribution in [0.3, 0.4) is 0 Å². The Morgan fingerprint density at radius 1 is 1.21 bits per heavy atom. The summed E-state index contributed by atoms with van der Waals surface area (Å²) < 4.78 is 5.38. The number of β-amino-alcohol motifs (C(OH)–C–C–N with tert-alkyl or cyclic N) is 1. The fourth-order valence-electron chi connectivity index (χ4n) is 3.07. The van der Waals surface area contributed by atoms with E-state index in [1.807, 2.05) is 25.1 Å². The highest BCUT2D eigenvalue weighted by Gasteiger charge is 2.22. The lowest BCUT2D eigenvalue weighted by molar-refractivity contribution is 0.107. The van der Waals surface area contributed by atoms with E-state index in [1.165, 1.54) is 0 Å². The van der Waals surface area contributed by atoms with Gasteiger partial charge < -0.3 is 14.7 Å². The van der Waals surface area contributed by atoms with Crippen molar-refractivity contribution in [3.8, 4) is 5.75 Å². The zero-order chi connectivity index (χ0) is 16.9. The Kier molecular flexibility index (Phi) is 5.27. The van der Waals surface area contributed by atoms with Crippen molar-refractivity contribution in [1.82, 2.24) is 14.9 Å². The molecule has 6 nitrogen and oxygen atoms in total. The number of piperazine rings is 1. The Labute approximate surface area is 142 Å². The summed E-state index contributed by atoms with van der Waals surface area (Å²) in [5, 5.41) is 10.6. The molecule has 1 saturated heterocycles. The van der Waals surface area contributed by atoms with E-state index in [4.69, 9.17) is 4.74 Å². The first-order valence-corrected chi connectivity index (χ1v) is 8.23. The quantitative estimate of drug-likeness (QED) is 0.900. The van der Waals surface area contributed by atoms with Crippen LogP contribution in [0.1, 0.15) is 17.2 Å². The minimum Gasteiger partial charge on any atom is -0.496 e. The number of aliphatic hydroxyl groups excluding tert-OH is 1. The van der Waals surface area contributed by atoms with Crippen LogP contribution >= 0.6 is 0 Å². The highest BCUT2D eigenvalue weighted by atomic mass is 16.5. The summed E-state index contributed by atoms with van der Waals surface area (Å²) in [6, 6.07) is 5.91. The first-order valence-electron chi connectivity index (χ1n) is 8.23. The summed E-state index contributed by atoms with van der Waals surface area (Å²) >= 11 is 0. The molecule has 0 unspecified atom stereocenters. The third-order valence-corrected chi connectivity index (χ3v) is 4.42. The van der Waals surface area contributed by atoms with Crippen molar-refractivity contribution in [2.45, 2.75) is 13.0 Å². The molecule has 0 amide bonds. The summed E-state index contributed by atoms with van der Waals surface area (Å²) in [7, 11) is 1.64. The standard InChI is InChI=1S/C18H24N4O2/c1-14-3-4-17(24-2)15(11-14)16(23)13-21-7-9-22(10-8-21)18-12-19-5-6-20-18/h3-6,11-12,16,23H,7-10,13H2,1-2H3/t16-/m1/s1. The molecule has 128 valence electrons. The number of hydrogen-bond donors (Lipinski definition) is 1. The van der Waals surface area contributed by atoms with Crippen LogP contribution in [0.2, 0.25) is 0 Å². The summed E-state index contributed by atoms with van der Waals surface area (Å²) in [6.07, 6.45) is 4.64. The largest absolute Gasteiger partial charge is 0.496 e. The van der Waals surface area contributed by atoms with Crippen molar-refractivity contribution in [2.24, 2.45) is 0 Å². The molecule has 1 N–H and O–H groups in total. The Bertz CT molecular complexity index is 657. The first-order chi connectivity index (χ1) is 11.7. The maximum absolute atomic E-state index is 10.6. The number of hydrogen-bond acceptors (Lipinski definition) is 6. The first kappa shape index (κ1) is 16.7. The molecule has 0 radical (unpaired) electrons. The van der Waals surface area contributed by atoms with E-state index in [2.05, 4.69) is 19.8 Å². The fourth-order valence-corrected chi connectivity index (χ4v) is 3.07. The molecule has 0 aliphatic carbocycles. The lowest BCUT2D eigenvalue weighted by Gasteiger charge is -2.36. The molecular weight excluding hydrogens is 304 g/mol. The third kappa shape index (κ3) is 3.83. The topological polar surface area (TPSA) is 61.7 Å². The van der Waals surface area contributed by atoms with E-state index >= 15 is 0 Å². The number of benzene rings is 1. The molecule has 0 saturated carbocycles. The molecule has 0 spiro atoms. The number of rotatable bonds is 5. The van der Waals surface area contributed by atoms with Crippen LogP contribution in [0.25, 0.3) is 0 Å². The van der Waals surface area contributed by atoms with Gasteiger partial charge in [-0.25, -0.2) is 4.98 Å². The number of aliphatic hydroxyl groups is 1. The summed E-state index contributed by atoms with van der Waals surface area (Å²) in [4.78, 5) is 13.0. The molecule has 1 fully saturated rings. The Hall–Kier alpha value is -2.18. The maximum atomic E-state index is 10.6.